The van der Waals surface area contributed by atoms with Crippen LogP contribution in [-0.4, -0.2) is 7.32 Å². The maximum Gasteiger partial charge on any atom is 0.864 e. The van der Waals surface area contributed by atoms with E-state index >= 15 is 0 Å². The van der Waals surface area contributed by atoms with E-state index in [0.717, 1.165) is 11.1 Å². The van der Waals surface area contributed by atoms with Crippen molar-refractivity contribution in [3.63, 3.8) is 0 Å². The molecule has 160 valence electrons. The van der Waals surface area contributed by atoms with Crippen molar-refractivity contribution in [2.24, 2.45) is 0 Å². The van der Waals surface area contributed by atoms with Crippen LogP contribution in [0.4, 0.5) is 0 Å². The van der Waals surface area contributed by atoms with Crippen molar-refractivity contribution in [1.82, 2.24) is 0 Å². The molecule has 33 heavy (non-hydrogen) atoms. The molecular formula is C29H23BO3. The molecule has 0 saturated heterocycles. The number of benzene rings is 5. The normalized spacial score (nSPS) is 10.6. The van der Waals surface area contributed by atoms with Crippen molar-refractivity contribution in [1.29, 1.82) is 0 Å². The summed E-state index contributed by atoms with van der Waals surface area (Å²) in [6.45, 7) is 1.99. The molecule has 0 aliphatic heterocycles. The van der Waals surface area contributed by atoms with Crippen LogP contribution in [0.15, 0.2) is 121 Å². The number of para-hydroxylation sites is 2. The van der Waals surface area contributed by atoms with E-state index in [1.807, 2.05) is 73.7 Å². The van der Waals surface area contributed by atoms with Gasteiger partial charge in [0.15, 0.2) is 0 Å². The van der Waals surface area contributed by atoms with Gasteiger partial charge in [0.2, 0.25) is 0 Å². The molecular weight excluding hydrogens is 407 g/mol. The Kier molecular flexibility index (Phi) is 5.98. The molecule has 3 nitrogen and oxygen atoms in total. The van der Waals surface area contributed by atoms with Gasteiger partial charge in [0, 0.05) is 0 Å². The third-order valence-electron chi connectivity index (χ3n) is 5.48. The second-order valence-electron chi connectivity index (χ2n) is 7.77. The molecule has 0 heterocycles. The van der Waals surface area contributed by atoms with Crippen LogP contribution in [0.1, 0.15) is 5.56 Å². The fourth-order valence-electron chi connectivity index (χ4n) is 3.78. The van der Waals surface area contributed by atoms with E-state index in [1.54, 1.807) is 0 Å². The van der Waals surface area contributed by atoms with E-state index in [2.05, 4.69) is 54.6 Å². The van der Waals surface area contributed by atoms with Gasteiger partial charge in [0.25, 0.3) is 0 Å². The van der Waals surface area contributed by atoms with Crippen LogP contribution in [0.2, 0.25) is 0 Å². The zero-order chi connectivity index (χ0) is 22.5. The first-order chi connectivity index (χ1) is 16.3. The average molecular weight is 430 g/mol. The third-order valence-corrected chi connectivity index (χ3v) is 5.48. The Balaban J connectivity index is 1.40. The first-order valence-electron chi connectivity index (χ1n) is 11.0. The van der Waals surface area contributed by atoms with Crippen LogP contribution in [0.5, 0.6) is 17.2 Å². The summed E-state index contributed by atoms with van der Waals surface area (Å²) in [6, 6.07) is 40.1. The second-order valence-corrected chi connectivity index (χ2v) is 7.77. The number of hydrogen-bond acceptors (Lipinski definition) is 3. The molecule has 0 aliphatic carbocycles. The van der Waals surface area contributed by atoms with E-state index < -0.39 is 7.32 Å². The van der Waals surface area contributed by atoms with Gasteiger partial charge < -0.3 is 14.0 Å². The molecule has 0 saturated carbocycles. The summed E-state index contributed by atoms with van der Waals surface area (Å²) in [5.74, 6) is 2.04. The summed E-state index contributed by atoms with van der Waals surface area (Å²) in [4.78, 5) is 0. The number of aryl methyl sites for hydroxylation is 1. The Hall–Kier alpha value is -4.18. The predicted molar refractivity (Wildman–Crippen MR) is 135 cm³/mol. The molecule has 5 aromatic carbocycles. The Bertz CT molecular complexity index is 1350. The van der Waals surface area contributed by atoms with Crippen LogP contribution in [0, 0.1) is 6.92 Å². The van der Waals surface area contributed by atoms with Gasteiger partial charge in [-0.05, 0) is 64.7 Å². The highest BCUT2D eigenvalue weighted by atomic mass is 16.7. The highest BCUT2D eigenvalue weighted by Crippen LogP contribution is 2.30. The second kappa shape index (κ2) is 9.53. The molecule has 4 heteroatoms. The maximum atomic E-state index is 6.11. The summed E-state index contributed by atoms with van der Waals surface area (Å²) < 4.78 is 18.2. The van der Waals surface area contributed by atoms with E-state index in [9.17, 15) is 0 Å². The molecule has 0 spiro atoms. The van der Waals surface area contributed by atoms with Crippen molar-refractivity contribution >= 4 is 18.1 Å². The molecule has 0 unspecified atom stereocenters. The fraction of sp³-hybridized carbons (Fsp3) is 0.0345. The lowest BCUT2D eigenvalue weighted by Crippen LogP contribution is -2.37. The van der Waals surface area contributed by atoms with Crippen molar-refractivity contribution in [2.45, 2.75) is 6.92 Å². The molecule has 0 aliphatic rings. The highest BCUT2D eigenvalue weighted by Gasteiger charge is 2.30. The molecule has 5 rings (SSSR count). The summed E-state index contributed by atoms with van der Waals surface area (Å²) in [7, 11) is -0.933. The topological polar surface area (TPSA) is 27.7 Å². The standard InChI is InChI=1S/C29H23BO3/c1-22-10-5-8-17-29(22)33-30(31-25-13-3-2-4-14-25)32-26-20-18-24(19-21-26)28-16-9-12-23-11-6-7-15-27(23)28/h2-21H,1H3. The van der Waals surface area contributed by atoms with Gasteiger partial charge >= 0.3 is 7.32 Å². The third kappa shape index (κ3) is 4.85. The summed E-state index contributed by atoms with van der Waals surface area (Å²) >= 11 is 0. The van der Waals surface area contributed by atoms with E-state index in [0.29, 0.717) is 17.2 Å². The van der Waals surface area contributed by atoms with Gasteiger partial charge in [-0.15, -0.1) is 0 Å². The van der Waals surface area contributed by atoms with E-state index in [1.165, 1.54) is 16.3 Å². The Labute approximate surface area is 194 Å². The summed E-state index contributed by atoms with van der Waals surface area (Å²) in [6.07, 6.45) is 0. The van der Waals surface area contributed by atoms with E-state index in [4.69, 9.17) is 14.0 Å². The Morgan fingerprint density at radius 1 is 0.515 bits per heavy atom. The van der Waals surface area contributed by atoms with Crippen molar-refractivity contribution in [3.05, 3.63) is 127 Å². The molecule has 0 radical (unpaired) electrons. The molecule has 0 N–H and O–H groups in total. The average Bonchev–Trinajstić information content (AvgIpc) is 2.86. The first kappa shape index (κ1) is 20.7. The predicted octanol–water partition coefficient (Wildman–Crippen LogP) is 7.34. The number of hydrogen-bond donors (Lipinski definition) is 0. The minimum atomic E-state index is -0.933. The van der Waals surface area contributed by atoms with Crippen LogP contribution in [-0.2, 0) is 0 Å². The lowest BCUT2D eigenvalue weighted by molar-refractivity contribution is 0.306. The lowest BCUT2D eigenvalue weighted by Gasteiger charge is -2.18. The monoisotopic (exact) mass is 430 g/mol. The number of fused-ring (bicyclic) bond motifs is 1. The van der Waals surface area contributed by atoms with Crippen molar-refractivity contribution < 1.29 is 14.0 Å². The molecule has 0 amide bonds. The van der Waals surface area contributed by atoms with Crippen LogP contribution in [0.3, 0.4) is 0 Å². The molecule has 0 atom stereocenters. The van der Waals surface area contributed by atoms with Crippen molar-refractivity contribution in [2.75, 3.05) is 0 Å². The summed E-state index contributed by atoms with van der Waals surface area (Å²) in [5, 5.41) is 2.44. The van der Waals surface area contributed by atoms with Crippen LogP contribution >= 0.6 is 0 Å². The van der Waals surface area contributed by atoms with Gasteiger partial charge in [0.05, 0.1) is 0 Å². The maximum absolute atomic E-state index is 6.11. The van der Waals surface area contributed by atoms with Crippen molar-refractivity contribution in [3.8, 4) is 28.4 Å². The quantitative estimate of drug-likeness (QED) is 0.253. The SMILES string of the molecule is Cc1ccccc1OB(Oc1ccccc1)Oc1ccc(-c2cccc3ccccc23)cc1. The van der Waals surface area contributed by atoms with Crippen LogP contribution < -0.4 is 14.0 Å². The highest BCUT2D eigenvalue weighted by molar-refractivity contribution is 6.39. The first-order valence-corrected chi connectivity index (χ1v) is 11.0. The van der Waals surface area contributed by atoms with Gasteiger partial charge in [-0.1, -0.05) is 91.0 Å². The Morgan fingerprint density at radius 3 is 1.94 bits per heavy atom. The zero-order valence-electron chi connectivity index (χ0n) is 18.3. The summed E-state index contributed by atoms with van der Waals surface area (Å²) in [5.41, 5.74) is 3.32. The largest absolute Gasteiger partial charge is 0.864 e. The molecule has 0 fully saturated rings. The van der Waals surface area contributed by atoms with E-state index in [-0.39, 0.29) is 0 Å². The van der Waals surface area contributed by atoms with Gasteiger partial charge in [-0.25, -0.2) is 0 Å². The minimum absolute atomic E-state index is 0.661. The fourth-order valence-corrected chi connectivity index (χ4v) is 3.78. The Morgan fingerprint density at radius 2 is 1.15 bits per heavy atom. The molecule has 0 aromatic heterocycles. The van der Waals surface area contributed by atoms with Gasteiger partial charge in [-0.2, -0.15) is 0 Å². The minimum Gasteiger partial charge on any atom is -0.490 e. The molecule has 0 bridgehead atoms. The lowest BCUT2D eigenvalue weighted by atomic mass is 9.98. The van der Waals surface area contributed by atoms with Crippen LogP contribution in [0.25, 0.3) is 21.9 Å². The molecule has 5 aromatic rings. The smallest absolute Gasteiger partial charge is 0.490 e. The number of rotatable bonds is 7. The van der Waals surface area contributed by atoms with Gasteiger partial charge in [-0.3, -0.25) is 0 Å². The zero-order valence-corrected chi connectivity index (χ0v) is 18.3. The van der Waals surface area contributed by atoms with Gasteiger partial charge in [0.1, 0.15) is 17.2 Å².